The maximum atomic E-state index is 13.5. The van der Waals surface area contributed by atoms with Gasteiger partial charge < -0.3 is 0 Å². The summed E-state index contributed by atoms with van der Waals surface area (Å²) in [4.78, 5) is -0.665. The van der Waals surface area contributed by atoms with E-state index in [2.05, 4.69) is 4.72 Å². The van der Waals surface area contributed by atoms with Gasteiger partial charge in [-0.3, -0.25) is 0 Å². The maximum absolute atomic E-state index is 13.5. The number of rotatable bonds is 6. The Balaban J connectivity index is 1.94. The largest absolute Gasteiger partial charge is 0.243 e. The molecule has 0 atom stereocenters. The summed E-state index contributed by atoms with van der Waals surface area (Å²) in [5.41, 5.74) is 1.09. The minimum absolute atomic E-state index is 0.160. The molecule has 0 aliphatic rings. The third-order valence-electron chi connectivity index (χ3n) is 2.98. The molecule has 2 aromatic rings. The van der Waals surface area contributed by atoms with Crippen LogP contribution in [0.2, 0.25) is 0 Å². The van der Waals surface area contributed by atoms with Gasteiger partial charge in [0.05, 0.1) is 0 Å². The van der Waals surface area contributed by atoms with Crippen LogP contribution >= 0.6 is 0 Å². The van der Waals surface area contributed by atoms with Crippen molar-refractivity contribution in [1.82, 2.24) is 4.72 Å². The average Bonchev–Trinajstić information content (AvgIpc) is 2.47. The molecule has 0 spiro atoms. The zero-order valence-corrected chi connectivity index (χ0v) is 12.0. The molecule has 0 saturated heterocycles. The molecule has 0 fully saturated rings. The molecule has 112 valence electrons. The van der Waals surface area contributed by atoms with Crippen LogP contribution in [0.15, 0.2) is 53.4 Å². The van der Waals surface area contributed by atoms with Crippen LogP contribution in [-0.4, -0.2) is 15.0 Å². The predicted octanol–water partition coefficient (Wildman–Crippen LogP) is 2.88. The maximum Gasteiger partial charge on any atom is 0.243 e. The van der Waals surface area contributed by atoms with E-state index in [4.69, 9.17) is 0 Å². The van der Waals surface area contributed by atoms with E-state index in [1.807, 2.05) is 30.3 Å². The molecular weight excluding hydrogens is 296 g/mol. The monoisotopic (exact) mass is 311 g/mol. The summed E-state index contributed by atoms with van der Waals surface area (Å²) < 4.78 is 52.6. The zero-order chi connectivity index (χ0) is 15.3. The van der Waals surface area contributed by atoms with E-state index in [1.165, 1.54) is 0 Å². The highest BCUT2D eigenvalue weighted by Crippen LogP contribution is 2.16. The van der Waals surface area contributed by atoms with Crippen LogP contribution in [0.25, 0.3) is 0 Å². The van der Waals surface area contributed by atoms with Crippen LogP contribution in [-0.2, 0) is 16.4 Å². The summed E-state index contributed by atoms with van der Waals surface area (Å²) >= 11 is 0. The number of hydrogen-bond donors (Lipinski definition) is 1. The van der Waals surface area contributed by atoms with Gasteiger partial charge in [-0.05, 0) is 30.5 Å². The second-order valence-corrected chi connectivity index (χ2v) is 6.27. The fourth-order valence-electron chi connectivity index (χ4n) is 1.91. The van der Waals surface area contributed by atoms with Crippen LogP contribution < -0.4 is 4.72 Å². The molecule has 2 aromatic carbocycles. The molecule has 0 radical (unpaired) electrons. The summed E-state index contributed by atoms with van der Waals surface area (Å²) in [6, 6.07) is 12.7. The third-order valence-corrected chi connectivity index (χ3v) is 4.46. The lowest BCUT2D eigenvalue weighted by molar-refractivity contribution is 0.483. The van der Waals surface area contributed by atoms with Crippen molar-refractivity contribution >= 4 is 10.0 Å². The molecule has 6 heteroatoms. The summed E-state index contributed by atoms with van der Waals surface area (Å²) in [5, 5.41) is 0. The molecule has 0 unspecified atom stereocenters. The second kappa shape index (κ2) is 6.78. The smallest absolute Gasteiger partial charge is 0.211 e. The van der Waals surface area contributed by atoms with Gasteiger partial charge in [-0.15, -0.1) is 0 Å². The fraction of sp³-hybridized carbons (Fsp3) is 0.200. The fourth-order valence-corrected chi connectivity index (χ4v) is 3.07. The first-order valence-electron chi connectivity index (χ1n) is 6.48. The summed E-state index contributed by atoms with van der Waals surface area (Å²) in [5.74, 6) is -2.53. The van der Waals surface area contributed by atoms with E-state index in [0.717, 1.165) is 23.8 Å². The van der Waals surface area contributed by atoms with Crippen molar-refractivity contribution in [2.24, 2.45) is 0 Å². The minimum atomic E-state index is -4.03. The molecule has 2 rings (SSSR count). The van der Waals surface area contributed by atoms with Crippen LogP contribution in [0.1, 0.15) is 12.0 Å². The predicted molar refractivity (Wildman–Crippen MR) is 76.3 cm³/mol. The zero-order valence-electron chi connectivity index (χ0n) is 11.2. The number of sulfonamides is 1. The lowest BCUT2D eigenvalue weighted by Crippen LogP contribution is -2.26. The van der Waals surface area contributed by atoms with Gasteiger partial charge in [-0.1, -0.05) is 36.4 Å². The van der Waals surface area contributed by atoms with E-state index in [-0.39, 0.29) is 6.54 Å². The van der Waals surface area contributed by atoms with Crippen molar-refractivity contribution < 1.29 is 17.2 Å². The van der Waals surface area contributed by atoms with Crippen molar-refractivity contribution in [2.45, 2.75) is 17.7 Å². The average molecular weight is 311 g/mol. The Morgan fingerprint density at radius 1 is 0.952 bits per heavy atom. The SMILES string of the molecule is O=S(=O)(NCCCc1ccccc1)c1cccc(F)c1F. The molecule has 21 heavy (non-hydrogen) atoms. The van der Waals surface area contributed by atoms with E-state index >= 15 is 0 Å². The highest BCUT2D eigenvalue weighted by molar-refractivity contribution is 7.89. The van der Waals surface area contributed by atoms with Crippen LogP contribution in [0.4, 0.5) is 8.78 Å². The Hall–Kier alpha value is -1.79. The number of halogens is 2. The first kappa shape index (κ1) is 15.6. The summed E-state index contributed by atoms with van der Waals surface area (Å²) in [6.07, 6.45) is 1.27. The molecule has 0 aliphatic heterocycles. The Kier molecular flexibility index (Phi) is 5.03. The van der Waals surface area contributed by atoms with Gasteiger partial charge in [0.15, 0.2) is 11.6 Å². The normalized spacial score (nSPS) is 11.5. The van der Waals surface area contributed by atoms with Crippen molar-refractivity contribution in [2.75, 3.05) is 6.54 Å². The van der Waals surface area contributed by atoms with Gasteiger partial charge in [0.25, 0.3) is 0 Å². The van der Waals surface area contributed by atoms with Gasteiger partial charge in [0, 0.05) is 6.54 Å². The first-order valence-corrected chi connectivity index (χ1v) is 7.96. The lowest BCUT2D eigenvalue weighted by Gasteiger charge is -2.08. The number of hydrogen-bond acceptors (Lipinski definition) is 2. The van der Waals surface area contributed by atoms with Gasteiger partial charge in [-0.25, -0.2) is 21.9 Å². The van der Waals surface area contributed by atoms with Gasteiger partial charge in [0.2, 0.25) is 10.0 Å². The molecular formula is C15H15F2NO2S. The molecule has 0 amide bonds. The Morgan fingerprint density at radius 2 is 1.67 bits per heavy atom. The standard InChI is InChI=1S/C15H15F2NO2S/c16-13-9-4-10-14(15(13)17)21(19,20)18-11-5-8-12-6-2-1-3-7-12/h1-4,6-7,9-10,18H,5,8,11H2. The van der Waals surface area contributed by atoms with Crippen molar-refractivity contribution in [3.8, 4) is 0 Å². The van der Waals surface area contributed by atoms with Crippen LogP contribution in [0.3, 0.4) is 0 Å². The van der Waals surface area contributed by atoms with Gasteiger partial charge in [0.1, 0.15) is 4.90 Å². The lowest BCUT2D eigenvalue weighted by atomic mass is 10.1. The van der Waals surface area contributed by atoms with Gasteiger partial charge >= 0.3 is 0 Å². The quantitative estimate of drug-likeness (QED) is 0.834. The first-order chi connectivity index (χ1) is 10.0. The van der Waals surface area contributed by atoms with Gasteiger partial charge in [-0.2, -0.15) is 0 Å². The second-order valence-electron chi connectivity index (χ2n) is 4.54. The Bertz CT molecular complexity index is 703. The molecule has 0 aromatic heterocycles. The highest BCUT2D eigenvalue weighted by atomic mass is 32.2. The topological polar surface area (TPSA) is 46.2 Å². The molecule has 1 N–H and O–H groups in total. The van der Waals surface area contributed by atoms with E-state index in [1.54, 1.807) is 0 Å². The minimum Gasteiger partial charge on any atom is -0.211 e. The van der Waals surface area contributed by atoms with Crippen molar-refractivity contribution in [3.63, 3.8) is 0 Å². The van der Waals surface area contributed by atoms with Crippen LogP contribution in [0.5, 0.6) is 0 Å². The molecule has 3 nitrogen and oxygen atoms in total. The highest BCUT2D eigenvalue weighted by Gasteiger charge is 2.20. The third kappa shape index (κ3) is 4.09. The Morgan fingerprint density at radius 3 is 2.38 bits per heavy atom. The van der Waals surface area contributed by atoms with Crippen LogP contribution in [0, 0.1) is 11.6 Å². The molecule has 0 aliphatic carbocycles. The summed E-state index contributed by atoms with van der Waals surface area (Å²) in [6.45, 7) is 0.160. The number of nitrogens with one attached hydrogen (secondary N) is 1. The Labute approximate surface area is 122 Å². The number of aryl methyl sites for hydroxylation is 1. The van der Waals surface area contributed by atoms with Crippen molar-refractivity contribution in [3.05, 3.63) is 65.7 Å². The van der Waals surface area contributed by atoms with E-state index in [9.17, 15) is 17.2 Å². The molecule has 0 saturated carbocycles. The summed E-state index contributed by atoms with van der Waals surface area (Å²) in [7, 11) is -4.03. The molecule has 0 bridgehead atoms. The van der Waals surface area contributed by atoms with E-state index < -0.39 is 26.6 Å². The number of benzene rings is 2. The molecule has 0 heterocycles. The van der Waals surface area contributed by atoms with E-state index in [0.29, 0.717) is 12.8 Å². The van der Waals surface area contributed by atoms with Crippen molar-refractivity contribution in [1.29, 1.82) is 0 Å².